The van der Waals surface area contributed by atoms with Crippen LogP contribution in [0.25, 0.3) is 0 Å². The average molecular weight is 282 g/mol. The molecule has 1 heterocycles. The Morgan fingerprint density at radius 1 is 1.53 bits per heavy atom. The lowest BCUT2D eigenvalue weighted by atomic mass is 9.83. The summed E-state index contributed by atoms with van der Waals surface area (Å²) in [6.45, 7) is 2.90. The Kier molecular flexibility index (Phi) is 4.30. The van der Waals surface area contributed by atoms with Crippen molar-refractivity contribution in [1.29, 1.82) is 0 Å². The van der Waals surface area contributed by atoms with E-state index in [1.165, 1.54) is 37.9 Å². The van der Waals surface area contributed by atoms with E-state index < -0.39 is 0 Å². The normalized spacial score (nSPS) is 17.4. The fourth-order valence-electron chi connectivity index (χ4n) is 2.78. The van der Waals surface area contributed by atoms with Crippen molar-refractivity contribution in [2.24, 2.45) is 5.41 Å². The van der Waals surface area contributed by atoms with E-state index in [0.29, 0.717) is 17.8 Å². The van der Waals surface area contributed by atoms with Gasteiger partial charge < -0.3 is 11.1 Å². The van der Waals surface area contributed by atoms with E-state index in [-0.39, 0.29) is 16.5 Å². The summed E-state index contributed by atoms with van der Waals surface area (Å²) in [6, 6.07) is 1.51. The second kappa shape index (κ2) is 5.78. The molecule has 0 aliphatic heterocycles. The number of nitrogens with two attached hydrogens (primary N) is 1. The van der Waals surface area contributed by atoms with E-state index in [4.69, 9.17) is 17.3 Å². The molecule has 5 heteroatoms. The van der Waals surface area contributed by atoms with Gasteiger partial charge in [-0.1, -0.05) is 31.4 Å². The molecule has 104 valence electrons. The van der Waals surface area contributed by atoms with E-state index in [1.807, 2.05) is 0 Å². The number of halogens is 1. The molecule has 1 amide bonds. The first-order valence-electron chi connectivity index (χ1n) is 6.75. The Labute approximate surface area is 118 Å². The summed E-state index contributed by atoms with van der Waals surface area (Å²) in [7, 11) is 0. The lowest BCUT2D eigenvalue weighted by Crippen LogP contribution is -2.35. The van der Waals surface area contributed by atoms with Crippen molar-refractivity contribution in [3.63, 3.8) is 0 Å². The van der Waals surface area contributed by atoms with Gasteiger partial charge in [-0.05, 0) is 30.7 Å². The van der Waals surface area contributed by atoms with Crippen LogP contribution in [-0.2, 0) is 0 Å². The van der Waals surface area contributed by atoms with Gasteiger partial charge in [-0.3, -0.25) is 4.79 Å². The maximum absolute atomic E-state index is 12.2. The second-order valence-corrected chi connectivity index (χ2v) is 5.72. The van der Waals surface area contributed by atoms with Gasteiger partial charge in [-0.25, -0.2) is 4.98 Å². The van der Waals surface area contributed by atoms with Gasteiger partial charge in [0.25, 0.3) is 5.91 Å². The molecule has 1 aromatic heterocycles. The number of amides is 1. The van der Waals surface area contributed by atoms with Crippen LogP contribution in [0.3, 0.4) is 0 Å². The SMILES string of the molecule is CCC1(CNC(=O)c2cc(Cl)ncc2N)CCCC1. The van der Waals surface area contributed by atoms with Crippen LogP contribution in [0.5, 0.6) is 0 Å². The summed E-state index contributed by atoms with van der Waals surface area (Å²) in [4.78, 5) is 16.0. The molecule has 1 saturated carbocycles. The van der Waals surface area contributed by atoms with E-state index >= 15 is 0 Å². The summed E-state index contributed by atoms with van der Waals surface area (Å²) in [6.07, 6.45) is 7.41. The quantitative estimate of drug-likeness (QED) is 0.834. The molecule has 0 radical (unpaired) electrons. The molecule has 0 aromatic carbocycles. The third-order valence-corrected chi connectivity index (χ3v) is 4.39. The van der Waals surface area contributed by atoms with E-state index in [2.05, 4.69) is 17.2 Å². The third kappa shape index (κ3) is 3.18. The largest absolute Gasteiger partial charge is 0.397 e. The van der Waals surface area contributed by atoms with Crippen LogP contribution in [0.15, 0.2) is 12.3 Å². The summed E-state index contributed by atoms with van der Waals surface area (Å²) in [5, 5.41) is 3.28. The van der Waals surface area contributed by atoms with Crippen LogP contribution >= 0.6 is 11.6 Å². The molecule has 2 rings (SSSR count). The molecule has 1 aromatic rings. The molecular formula is C14H20ClN3O. The fourth-order valence-corrected chi connectivity index (χ4v) is 2.94. The predicted octanol–water partition coefficient (Wildman–Crippen LogP) is 3.02. The molecule has 4 nitrogen and oxygen atoms in total. The highest BCUT2D eigenvalue weighted by atomic mass is 35.5. The maximum atomic E-state index is 12.2. The van der Waals surface area contributed by atoms with Gasteiger partial charge in [0.2, 0.25) is 0 Å². The Hall–Kier alpha value is -1.29. The Morgan fingerprint density at radius 3 is 2.84 bits per heavy atom. The van der Waals surface area contributed by atoms with Gasteiger partial charge in [0.15, 0.2) is 0 Å². The molecule has 0 saturated heterocycles. The number of rotatable bonds is 4. The number of pyridine rings is 1. The van der Waals surface area contributed by atoms with Crippen molar-refractivity contribution in [3.8, 4) is 0 Å². The molecule has 1 aliphatic carbocycles. The van der Waals surface area contributed by atoms with Gasteiger partial charge in [-0.15, -0.1) is 0 Å². The molecule has 0 atom stereocenters. The number of carbonyl (C=O) groups is 1. The Balaban J connectivity index is 2.03. The van der Waals surface area contributed by atoms with Crippen molar-refractivity contribution >= 4 is 23.2 Å². The predicted molar refractivity (Wildman–Crippen MR) is 77.2 cm³/mol. The van der Waals surface area contributed by atoms with E-state index in [1.54, 1.807) is 0 Å². The summed E-state index contributed by atoms with van der Waals surface area (Å²) in [5.74, 6) is -0.165. The fraction of sp³-hybridized carbons (Fsp3) is 0.571. The molecule has 19 heavy (non-hydrogen) atoms. The molecule has 0 bridgehead atoms. The first-order chi connectivity index (χ1) is 9.06. The number of hydrogen-bond donors (Lipinski definition) is 2. The molecule has 3 N–H and O–H groups in total. The molecule has 1 aliphatic rings. The van der Waals surface area contributed by atoms with Crippen LogP contribution in [0, 0.1) is 5.41 Å². The molecule has 0 spiro atoms. The van der Waals surface area contributed by atoms with Crippen molar-refractivity contribution in [1.82, 2.24) is 10.3 Å². The standard InChI is InChI=1S/C14H20ClN3O/c1-2-14(5-3-4-6-14)9-18-13(19)10-7-12(15)17-8-11(10)16/h7-8H,2-6,9,16H2,1H3,(H,18,19). The van der Waals surface area contributed by atoms with Crippen LogP contribution in [0.1, 0.15) is 49.4 Å². The summed E-state index contributed by atoms with van der Waals surface area (Å²) >= 11 is 5.80. The summed E-state index contributed by atoms with van der Waals surface area (Å²) in [5.41, 5.74) is 6.79. The van der Waals surface area contributed by atoms with Crippen LogP contribution in [-0.4, -0.2) is 17.4 Å². The van der Waals surface area contributed by atoms with Gasteiger partial charge in [-0.2, -0.15) is 0 Å². The zero-order valence-corrected chi connectivity index (χ0v) is 12.0. The number of nitrogen functional groups attached to an aromatic ring is 1. The summed E-state index contributed by atoms with van der Waals surface area (Å²) < 4.78 is 0. The lowest BCUT2D eigenvalue weighted by molar-refractivity contribution is 0.0929. The van der Waals surface area contributed by atoms with Crippen molar-refractivity contribution < 1.29 is 4.79 Å². The Morgan fingerprint density at radius 2 is 2.21 bits per heavy atom. The van der Waals surface area contributed by atoms with Crippen LogP contribution in [0.4, 0.5) is 5.69 Å². The maximum Gasteiger partial charge on any atom is 0.253 e. The Bertz CT molecular complexity index is 470. The van der Waals surface area contributed by atoms with Crippen molar-refractivity contribution in [3.05, 3.63) is 23.0 Å². The van der Waals surface area contributed by atoms with Gasteiger partial charge >= 0.3 is 0 Å². The molecule has 0 unspecified atom stereocenters. The monoisotopic (exact) mass is 281 g/mol. The van der Waals surface area contributed by atoms with Gasteiger partial charge in [0, 0.05) is 6.54 Å². The number of aromatic nitrogens is 1. The highest BCUT2D eigenvalue weighted by molar-refractivity contribution is 6.29. The minimum absolute atomic E-state index is 0.165. The van der Waals surface area contributed by atoms with Gasteiger partial charge in [0.05, 0.1) is 17.4 Å². The third-order valence-electron chi connectivity index (χ3n) is 4.18. The lowest BCUT2D eigenvalue weighted by Gasteiger charge is -2.27. The number of nitrogens with zero attached hydrogens (tertiary/aromatic N) is 1. The number of anilines is 1. The van der Waals surface area contributed by atoms with E-state index in [9.17, 15) is 4.79 Å². The van der Waals surface area contributed by atoms with Crippen molar-refractivity contribution in [2.45, 2.75) is 39.0 Å². The topological polar surface area (TPSA) is 68.0 Å². The first kappa shape index (κ1) is 14.1. The van der Waals surface area contributed by atoms with E-state index in [0.717, 1.165) is 6.42 Å². The number of carbonyl (C=O) groups excluding carboxylic acids is 1. The van der Waals surface area contributed by atoms with Gasteiger partial charge in [0.1, 0.15) is 5.15 Å². The smallest absolute Gasteiger partial charge is 0.253 e. The highest BCUT2D eigenvalue weighted by Gasteiger charge is 2.32. The number of nitrogens with one attached hydrogen (secondary N) is 1. The van der Waals surface area contributed by atoms with Crippen LogP contribution < -0.4 is 11.1 Å². The zero-order chi connectivity index (χ0) is 13.9. The molecular weight excluding hydrogens is 262 g/mol. The highest BCUT2D eigenvalue weighted by Crippen LogP contribution is 2.40. The van der Waals surface area contributed by atoms with Crippen LogP contribution in [0.2, 0.25) is 5.15 Å². The first-order valence-corrected chi connectivity index (χ1v) is 7.13. The molecule has 1 fully saturated rings. The average Bonchev–Trinajstić information content (AvgIpc) is 2.88. The minimum Gasteiger partial charge on any atom is -0.397 e. The minimum atomic E-state index is -0.165. The second-order valence-electron chi connectivity index (χ2n) is 5.34. The zero-order valence-electron chi connectivity index (χ0n) is 11.2. The number of hydrogen-bond acceptors (Lipinski definition) is 3. The van der Waals surface area contributed by atoms with Crippen molar-refractivity contribution in [2.75, 3.05) is 12.3 Å².